The molecule has 0 aliphatic carbocycles. The number of nitro benzene ring substituents is 1. The third kappa shape index (κ3) is 6.49. The summed E-state index contributed by atoms with van der Waals surface area (Å²) in [5.41, 5.74) is 0.362. The fraction of sp³-hybridized carbons (Fsp3) is 0.381. The maximum absolute atomic E-state index is 13.5. The molecular formula is C21H25ClN2O6S. The van der Waals surface area contributed by atoms with Crippen LogP contribution in [0.25, 0.3) is 0 Å². The molecule has 0 heterocycles. The summed E-state index contributed by atoms with van der Waals surface area (Å²) in [4.78, 5) is 22.9. The van der Waals surface area contributed by atoms with Crippen LogP contribution in [0.3, 0.4) is 0 Å². The van der Waals surface area contributed by atoms with Crippen molar-refractivity contribution < 1.29 is 22.9 Å². The van der Waals surface area contributed by atoms with E-state index in [1.54, 1.807) is 31.2 Å². The molecule has 0 aromatic heterocycles. The number of sulfonamides is 1. The van der Waals surface area contributed by atoms with Gasteiger partial charge in [-0.25, -0.2) is 8.42 Å². The summed E-state index contributed by atoms with van der Waals surface area (Å²) >= 11 is 6.06. The van der Waals surface area contributed by atoms with Gasteiger partial charge in [-0.1, -0.05) is 37.6 Å². The fourth-order valence-electron chi connectivity index (χ4n) is 3.07. The normalized spacial score (nSPS) is 12.7. The van der Waals surface area contributed by atoms with Gasteiger partial charge in [0.05, 0.1) is 16.4 Å². The highest BCUT2D eigenvalue weighted by atomic mass is 35.5. The van der Waals surface area contributed by atoms with E-state index < -0.39 is 27.0 Å². The van der Waals surface area contributed by atoms with Crippen LogP contribution >= 0.6 is 11.6 Å². The SMILES string of the molecule is CCOC(=O)C(CC(C)C)N(Cc1cccc(Cl)c1)S(=O)(=O)c1ccc([N+](=O)[O-])cc1. The Hall–Kier alpha value is -2.49. The zero-order valence-electron chi connectivity index (χ0n) is 17.5. The fourth-order valence-corrected chi connectivity index (χ4v) is 4.86. The molecule has 2 rings (SSSR count). The number of carbonyl (C=O) groups is 1. The first kappa shape index (κ1) is 24.8. The maximum atomic E-state index is 13.5. The summed E-state index contributed by atoms with van der Waals surface area (Å²) in [7, 11) is -4.20. The highest BCUT2D eigenvalue weighted by Gasteiger charge is 2.37. The average molecular weight is 469 g/mol. The van der Waals surface area contributed by atoms with Crippen molar-refractivity contribution in [2.24, 2.45) is 5.92 Å². The minimum Gasteiger partial charge on any atom is -0.465 e. The van der Waals surface area contributed by atoms with Crippen LogP contribution in [-0.2, 0) is 26.1 Å². The Kier molecular flexibility index (Phi) is 8.55. The molecule has 0 fully saturated rings. The summed E-state index contributed by atoms with van der Waals surface area (Å²) in [6.45, 7) is 5.40. The van der Waals surface area contributed by atoms with Crippen LogP contribution in [0.2, 0.25) is 5.02 Å². The zero-order chi connectivity index (χ0) is 23.2. The molecule has 0 saturated carbocycles. The number of non-ortho nitro benzene ring substituents is 1. The number of esters is 1. The number of carbonyl (C=O) groups excluding carboxylic acids is 1. The van der Waals surface area contributed by atoms with E-state index in [1.165, 1.54) is 0 Å². The number of ether oxygens (including phenoxy) is 1. The monoisotopic (exact) mass is 468 g/mol. The molecule has 1 atom stereocenters. The molecule has 31 heavy (non-hydrogen) atoms. The van der Waals surface area contributed by atoms with Crippen LogP contribution < -0.4 is 0 Å². The lowest BCUT2D eigenvalue weighted by Crippen LogP contribution is -2.46. The van der Waals surface area contributed by atoms with E-state index in [0.29, 0.717) is 10.6 Å². The Labute approximate surface area is 187 Å². The van der Waals surface area contributed by atoms with Crippen LogP contribution in [0.1, 0.15) is 32.8 Å². The van der Waals surface area contributed by atoms with Crippen molar-refractivity contribution in [1.29, 1.82) is 0 Å². The van der Waals surface area contributed by atoms with Crippen molar-refractivity contribution >= 4 is 33.3 Å². The van der Waals surface area contributed by atoms with E-state index in [4.69, 9.17) is 16.3 Å². The molecule has 0 amide bonds. The maximum Gasteiger partial charge on any atom is 0.324 e. The second kappa shape index (κ2) is 10.7. The Morgan fingerprint density at radius 3 is 2.35 bits per heavy atom. The first-order chi connectivity index (χ1) is 14.6. The second-order valence-electron chi connectivity index (χ2n) is 7.33. The summed E-state index contributed by atoms with van der Waals surface area (Å²) < 4.78 is 33.3. The third-order valence-electron chi connectivity index (χ3n) is 4.48. The van der Waals surface area contributed by atoms with Gasteiger partial charge in [-0.05, 0) is 49.1 Å². The molecule has 1 unspecified atom stereocenters. The first-order valence-corrected chi connectivity index (χ1v) is 11.6. The Morgan fingerprint density at radius 1 is 1.19 bits per heavy atom. The molecule has 10 heteroatoms. The van der Waals surface area contributed by atoms with Crippen molar-refractivity contribution in [3.8, 4) is 0 Å². The van der Waals surface area contributed by atoms with Crippen molar-refractivity contribution in [2.45, 2.75) is 44.7 Å². The van der Waals surface area contributed by atoms with E-state index in [1.807, 2.05) is 13.8 Å². The van der Waals surface area contributed by atoms with Crippen LogP contribution in [0.5, 0.6) is 0 Å². The van der Waals surface area contributed by atoms with Crippen LogP contribution in [-0.4, -0.2) is 36.3 Å². The van der Waals surface area contributed by atoms with Gasteiger partial charge in [0.25, 0.3) is 5.69 Å². The van der Waals surface area contributed by atoms with Crippen LogP contribution in [0.15, 0.2) is 53.4 Å². The van der Waals surface area contributed by atoms with E-state index in [9.17, 15) is 23.3 Å². The van der Waals surface area contributed by atoms with Crippen molar-refractivity contribution in [3.05, 3.63) is 69.2 Å². The molecule has 0 aliphatic rings. The zero-order valence-corrected chi connectivity index (χ0v) is 19.1. The van der Waals surface area contributed by atoms with Crippen LogP contribution in [0, 0.1) is 16.0 Å². The standard InChI is InChI=1S/C21H25ClN2O6S/c1-4-30-21(25)20(12-15(2)3)23(14-16-6-5-7-17(22)13-16)31(28,29)19-10-8-18(9-11-19)24(26)27/h5-11,13,15,20H,4,12,14H2,1-3H3. The van der Waals surface area contributed by atoms with Gasteiger partial charge in [-0.15, -0.1) is 0 Å². The number of halogens is 1. The van der Waals surface area contributed by atoms with E-state index in [2.05, 4.69) is 0 Å². The highest BCUT2D eigenvalue weighted by Crippen LogP contribution is 2.27. The van der Waals surface area contributed by atoms with Crippen LogP contribution in [0.4, 0.5) is 5.69 Å². The van der Waals surface area contributed by atoms with E-state index >= 15 is 0 Å². The number of benzene rings is 2. The number of nitrogens with zero attached hydrogens (tertiary/aromatic N) is 2. The topological polar surface area (TPSA) is 107 Å². The van der Waals surface area contributed by atoms with Crippen molar-refractivity contribution in [1.82, 2.24) is 4.31 Å². The van der Waals surface area contributed by atoms with Gasteiger partial charge in [0, 0.05) is 23.7 Å². The molecule has 0 saturated heterocycles. The Balaban J connectivity index is 2.57. The lowest BCUT2D eigenvalue weighted by molar-refractivity contribution is -0.384. The molecule has 0 bridgehead atoms. The van der Waals surface area contributed by atoms with Gasteiger partial charge in [-0.3, -0.25) is 14.9 Å². The summed E-state index contributed by atoms with van der Waals surface area (Å²) in [6, 6.07) is 10.2. The molecule has 8 nitrogen and oxygen atoms in total. The minimum absolute atomic E-state index is 0.00308. The van der Waals surface area contributed by atoms with Gasteiger partial charge in [0.1, 0.15) is 6.04 Å². The van der Waals surface area contributed by atoms with Crippen molar-refractivity contribution in [3.63, 3.8) is 0 Å². The second-order valence-corrected chi connectivity index (χ2v) is 9.66. The molecule has 2 aromatic carbocycles. The number of nitro groups is 1. The minimum atomic E-state index is -4.20. The predicted molar refractivity (Wildman–Crippen MR) is 117 cm³/mol. The molecule has 0 aliphatic heterocycles. The lowest BCUT2D eigenvalue weighted by Gasteiger charge is -2.30. The predicted octanol–water partition coefficient (Wildman–Crippen LogP) is 4.42. The van der Waals surface area contributed by atoms with Gasteiger partial charge in [0.2, 0.25) is 10.0 Å². The van der Waals surface area contributed by atoms with E-state index in [0.717, 1.165) is 28.6 Å². The van der Waals surface area contributed by atoms with Gasteiger partial charge < -0.3 is 4.74 Å². The molecule has 0 spiro atoms. The number of hydrogen-bond acceptors (Lipinski definition) is 6. The largest absolute Gasteiger partial charge is 0.465 e. The van der Waals surface area contributed by atoms with Gasteiger partial charge >= 0.3 is 5.97 Å². The average Bonchev–Trinajstić information content (AvgIpc) is 2.70. The molecule has 168 valence electrons. The lowest BCUT2D eigenvalue weighted by atomic mass is 10.0. The summed E-state index contributed by atoms with van der Waals surface area (Å²) in [6.07, 6.45) is 0.242. The Bertz CT molecular complexity index is 1020. The smallest absolute Gasteiger partial charge is 0.324 e. The molecule has 2 aromatic rings. The van der Waals surface area contributed by atoms with Crippen molar-refractivity contribution in [2.75, 3.05) is 6.61 Å². The number of rotatable bonds is 10. The number of hydrogen-bond donors (Lipinski definition) is 0. The molecule has 0 radical (unpaired) electrons. The van der Waals surface area contributed by atoms with Gasteiger partial charge in [0.15, 0.2) is 0 Å². The molecular weight excluding hydrogens is 444 g/mol. The first-order valence-electron chi connectivity index (χ1n) is 9.73. The Morgan fingerprint density at radius 2 is 1.84 bits per heavy atom. The summed E-state index contributed by atoms with van der Waals surface area (Å²) in [5, 5.41) is 11.4. The molecule has 0 N–H and O–H groups in total. The third-order valence-corrected chi connectivity index (χ3v) is 6.59. The van der Waals surface area contributed by atoms with E-state index in [-0.39, 0.29) is 36.1 Å². The highest BCUT2D eigenvalue weighted by molar-refractivity contribution is 7.89. The summed E-state index contributed by atoms with van der Waals surface area (Å²) in [5.74, 6) is -0.646. The van der Waals surface area contributed by atoms with Gasteiger partial charge in [-0.2, -0.15) is 4.31 Å². The quantitative estimate of drug-likeness (QED) is 0.290.